The SMILES string of the molecule is O=C(CNCCn1ccnn1)Nc1ccc(C(=O)O)nc1Cl. The van der Waals surface area contributed by atoms with Crippen LogP contribution in [0.2, 0.25) is 5.15 Å². The predicted molar refractivity (Wildman–Crippen MR) is 77.7 cm³/mol. The van der Waals surface area contributed by atoms with E-state index in [1.807, 2.05) is 0 Å². The standard InChI is InChI=1S/C12H13ClN6O3/c13-11-8(1-2-9(17-11)12(21)22)16-10(20)7-14-3-5-19-6-4-15-18-19/h1-2,4,6,14H,3,5,7H2,(H,16,20)(H,21,22). The molecule has 0 radical (unpaired) electrons. The summed E-state index contributed by atoms with van der Waals surface area (Å²) in [5.74, 6) is -1.50. The van der Waals surface area contributed by atoms with Crippen LogP contribution in [0.3, 0.4) is 0 Å². The zero-order valence-electron chi connectivity index (χ0n) is 11.4. The molecular weight excluding hydrogens is 312 g/mol. The number of halogens is 1. The first-order chi connectivity index (χ1) is 10.6. The number of aromatic carboxylic acids is 1. The maximum absolute atomic E-state index is 11.7. The topological polar surface area (TPSA) is 122 Å². The number of nitrogens with zero attached hydrogens (tertiary/aromatic N) is 4. The first-order valence-electron chi connectivity index (χ1n) is 6.31. The number of carboxylic acid groups (broad SMARTS) is 1. The fourth-order valence-corrected chi connectivity index (χ4v) is 1.79. The molecule has 10 heteroatoms. The molecule has 1 amide bonds. The van der Waals surface area contributed by atoms with E-state index in [0.717, 1.165) is 0 Å². The lowest BCUT2D eigenvalue weighted by atomic mass is 10.3. The lowest BCUT2D eigenvalue weighted by molar-refractivity contribution is -0.115. The number of nitrogens with one attached hydrogen (secondary N) is 2. The van der Waals surface area contributed by atoms with E-state index >= 15 is 0 Å². The lowest BCUT2D eigenvalue weighted by Gasteiger charge is -2.08. The Morgan fingerprint density at radius 2 is 2.18 bits per heavy atom. The fourth-order valence-electron chi connectivity index (χ4n) is 1.59. The molecule has 116 valence electrons. The van der Waals surface area contributed by atoms with E-state index in [4.69, 9.17) is 16.7 Å². The Kier molecular flexibility index (Phi) is 5.39. The molecule has 0 fully saturated rings. The molecule has 3 N–H and O–H groups in total. The molecule has 9 nitrogen and oxygen atoms in total. The third-order valence-corrected chi connectivity index (χ3v) is 2.91. The average molecular weight is 325 g/mol. The predicted octanol–water partition coefficient (Wildman–Crippen LogP) is 0.253. The van der Waals surface area contributed by atoms with Gasteiger partial charge in [0.05, 0.1) is 25.0 Å². The molecule has 0 bridgehead atoms. The summed E-state index contributed by atoms with van der Waals surface area (Å²) in [6.45, 7) is 1.20. The van der Waals surface area contributed by atoms with Gasteiger partial charge in [0.25, 0.3) is 0 Å². The Labute approximate surface area is 130 Å². The second kappa shape index (κ2) is 7.48. The van der Waals surface area contributed by atoms with Crippen molar-refractivity contribution in [3.8, 4) is 0 Å². The molecule has 0 saturated heterocycles. The van der Waals surface area contributed by atoms with Crippen molar-refractivity contribution in [2.24, 2.45) is 0 Å². The Bertz CT molecular complexity index is 661. The number of amides is 1. The van der Waals surface area contributed by atoms with Crippen LogP contribution in [0.15, 0.2) is 24.5 Å². The number of aromatic nitrogens is 4. The molecule has 0 unspecified atom stereocenters. The summed E-state index contributed by atoms with van der Waals surface area (Å²) < 4.78 is 1.64. The van der Waals surface area contributed by atoms with Gasteiger partial charge < -0.3 is 15.7 Å². The van der Waals surface area contributed by atoms with E-state index in [0.29, 0.717) is 13.1 Å². The molecule has 2 aromatic rings. The van der Waals surface area contributed by atoms with E-state index < -0.39 is 5.97 Å². The van der Waals surface area contributed by atoms with Gasteiger partial charge >= 0.3 is 5.97 Å². The molecule has 0 spiro atoms. The van der Waals surface area contributed by atoms with Gasteiger partial charge in [-0.1, -0.05) is 16.8 Å². The molecule has 22 heavy (non-hydrogen) atoms. The van der Waals surface area contributed by atoms with Crippen LogP contribution in [-0.4, -0.2) is 50.1 Å². The van der Waals surface area contributed by atoms with E-state index in [1.165, 1.54) is 12.1 Å². The Morgan fingerprint density at radius 3 is 2.82 bits per heavy atom. The second-order valence-corrected chi connectivity index (χ2v) is 4.59. The normalized spacial score (nSPS) is 10.4. The van der Waals surface area contributed by atoms with E-state index in [2.05, 4.69) is 25.9 Å². The number of rotatable bonds is 7. The highest BCUT2D eigenvalue weighted by molar-refractivity contribution is 6.32. The van der Waals surface area contributed by atoms with Crippen molar-refractivity contribution in [3.05, 3.63) is 35.4 Å². The fraction of sp³-hybridized carbons (Fsp3) is 0.250. The minimum absolute atomic E-state index is 0.0733. The molecule has 0 saturated carbocycles. The van der Waals surface area contributed by atoms with Gasteiger partial charge in [0.2, 0.25) is 5.91 Å². The van der Waals surface area contributed by atoms with Gasteiger partial charge in [-0.05, 0) is 12.1 Å². The molecule has 2 rings (SSSR count). The van der Waals surface area contributed by atoms with Crippen molar-refractivity contribution in [2.45, 2.75) is 6.54 Å². The maximum atomic E-state index is 11.7. The van der Waals surface area contributed by atoms with Crippen LogP contribution in [0.25, 0.3) is 0 Å². The van der Waals surface area contributed by atoms with Gasteiger partial charge in [-0.3, -0.25) is 9.48 Å². The van der Waals surface area contributed by atoms with Crippen molar-refractivity contribution < 1.29 is 14.7 Å². The van der Waals surface area contributed by atoms with Crippen LogP contribution < -0.4 is 10.6 Å². The summed E-state index contributed by atoms with van der Waals surface area (Å²) in [7, 11) is 0. The van der Waals surface area contributed by atoms with E-state index in [1.54, 1.807) is 17.1 Å². The Balaban J connectivity index is 1.78. The van der Waals surface area contributed by atoms with E-state index in [-0.39, 0.29) is 29.0 Å². The summed E-state index contributed by atoms with van der Waals surface area (Å²) in [4.78, 5) is 26.1. The summed E-state index contributed by atoms with van der Waals surface area (Å²) in [6, 6.07) is 2.66. The maximum Gasteiger partial charge on any atom is 0.354 e. The minimum atomic E-state index is -1.19. The smallest absolute Gasteiger partial charge is 0.354 e. The largest absolute Gasteiger partial charge is 0.477 e. The van der Waals surface area contributed by atoms with Crippen LogP contribution in [0.1, 0.15) is 10.5 Å². The van der Waals surface area contributed by atoms with Crippen molar-refractivity contribution in [3.63, 3.8) is 0 Å². The lowest BCUT2D eigenvalue weighted by Crippen LogP contribution is -2.30. The van der Waals surface area contributed by atoms with Crippen LogP contribution in [0.4, 0.5) is 5.69 Å². The molecule has 0 atom stereocenters. The summed E-state index contributed by atoms with van der Waals surface area (Å²) >= 11 is 5.82. The summed E-state index contributed by atoms with van der Waals surface area (Å²) in [5.41, 5.74) is 0.0729. The van der Waals surface area contributed by atoms with Gasteiger partial charge in [0, 0.05) is 12.7 Å². The van der Waals surface area contributed by atoms with Crippen LogP contribution in [0, 0.1) is 0 Å². The average Bonchev–Trinajstić information content (AvgIpc) is 2.99. The molecule has 2 heterocycles. The highest BCUT2D eigenvalue weighted by Crippen LogP contribution is 2.19. The summed E-state index contributed by atoms with van der Waals surface area (Å²) in [5, 5.41) is 21.6. The summed E-state index contributed by atoms with van der Waals surface area (Å²) in [6.07, 6.45) is 3.29. The number of hydrogen-bond donors (Lipinski definition) is 3. The van der Waals surface area contributed by atoms with Gasteiger partial charge in [-0.15, -0.1) is 5.10 Å². The first kappa shape index (κ1) is 15.9. The van der Waals surface area contributed by atoms with E-state index in [9.17, 15) is 9.59 Å². The number of carboxylic acids is 1. The van der Waals surface area contributed by atoms with Crippen LogP contribution in [0.5, 0.6) is 0 Å². The Hall–Kier alpha value is -2.52. The highest BCUT2D eigenvalue weighted by atomic mass is 35.5. The third-order valence-electron chi connectivity index (χ3n) is 2.62. The molecular formula is C12H13ClN6O3. The zero-order valence-corrected chi connectivity index (χ0v) is 12.1. The minimum Gasteiger partial charge on any atom is -0.477 e. The van der Waals surface area contributed by atoms with Crippen molar-refractivity contribution in [1.82, 2.24) is 25.3 Å². The Morgan fingerprint density at radius 1 is 1.36 bits per heavy atom. The van der Waals surface area contributed by atoms with Crippen molar-refractivity contribution in [1.29, 1.82) is 0 Å². The quantitative estimate of drug-likeness (QED) is 0.493. The molecule has 2 aromatic heterocycles. The third kappa shape index (κ3) is 4.50. The van der Waals surface area contributed by atoms with Crippen LogP contribution >= 0.6 is 11.6 Å². The van der Waals surface area contributed by atoms with Gasteiger partial charge in [-0.25, -0.2) is 9.78 Å². The van der Waals surface area contributed by atoms with Crippen molar-refractivity contribution >= 4 is 29.2 Å². The number of hydrogen-bond acceptors (Lipinski definition) is 6. The number of carbonyl (C=O) groups excluding carboxylic acids is 1. The number of pyridine rings is 1. The van der Waals surface area contributed by atoms with Gasteiger partial charge in [-0.2, -0.15) is 0 Å². The molecule has 0 aromatic carbocycles. The van der Waals surface area contributed by atoms with Crippen LogP contribution in [-0.2, 0) is 11.3 Å². The second-order valence-electron chi connectivity index (χ2n) is 4.23. The van der Waals surface area contributed by atoms with Gasteiger partial charge in [0.1, 0.15) is 5.69 Å². The molecule has 0 aliphatic heterocycles. The zero-order chi connectivity index (χ0) is 15.9. The number of anilines is 1. The highest BCUT2D eigenvalue weighted by Gasteiger charge is 2.10. The number of carbonyl (C=O) groups is 2. The molecule has 0 aliphatic carbocycles. The monoisotopic (exact) mass is 324 g/mol. The van der Waals surface area contributed by atoms with Crippen molar-refractivity contribution in [2.75, 3.05) is 18.4 Å². The van der Waals surface area contributed by atoms with Gasteiger partial charge in [0.15, 0.2) is 5.15 Å². The first-order valence-corrected chi connectivity index (χ1v) is 6.68. The molecule has 0 aliphatic rings.